The predicted octanol–water partition coefficient (Wildman–Crippen LogP) is 0.802. The van der Waals surface area contributed by atoms with Gasteiger partial charge in [0.05, 0.1) is 6.07 Å². The van der Waals surface area contributed by atoms with Gasteiger partial charge in [-0.1, -0.05) is 6.42 Å². The van der Waals surface area contributed by atoms with Crippen molar-refractivity contribution in [3.63, 3.8) is 0 Å². The van der Waals surface area contributed by atoms with Crippen molar-refractivity contribution in [1.29, 1.82) is 5.26 Å². The Hall–Kier alpha value is -1.04. The van der Waals surface area contributed by atoms with Crippen LogP contribution < -0.4 is 5.73 Å². The highest BCUT2D eigenvalue weighted by atomic mass is 16.1. The zero-order chi connectivity index (χ0) is 8.27. The summed E-state index contributed by atoms with van der Waals surface area (Å²) in [6.45, 7) is 0. The van der Waals surface area contributed by atoms with Crippen molar-refractivity contribution < 1.29 is 4.79 Å². The fourth-order valence-electron chi connectivity index (χ4n) is 1.57. The van der Waals surface area contributed by atoms with E-state index >= 15 is 0 Å². The maximum atomic E-state index is 10.7. The van der Waals surface area contributed by atoms with Crippen LogP contribution in [0.2, 0.25) is 0 Å². The second-order valence-corrected chi connectivity index (χ2v) is 3.09. The van der Waals surface area contributed by atoms with Gasteiger partial charge in [0, 0.05) is 11.8 Å². The summed E-state index contributed by atoms with van der Waals surface area (Å²) in [6.07, 6.45) is 3.44. The van der Waals surface area contributed by atoms with E-state index in [0.717, 1.165) is 19.3 Å². The van der Waals surface area contributed by atoms with Crippen LogP contribution in [0.3, 0.4) is 0 Å². The van der Waals surface area contributed by atoms with Crippen molar-refractivity contribution in [2.45, 2.75) is 25.7 Å². The lowest BCUT2D eigenvalue weighted by molar-refractivity contribution is -0.122. The molecule has 2 N–H and O–H groups in total. The summed E-state index contributed by atoms with van der Waals surface area (Å²) in [4.78, 5) is 10.7. The second-order valence-electron chi connectivity index (χ2n) is 3.09. The summed E-state index contributed by atoms with van der Waals surface area (Å²) in [5.74, 6) is -0.236. The van der Waals surface area contributed by atoms with E-state index in [2.05, 4.69) is 6.07 Å². The Labute approximate surface area is 66.2 Å². The van der Waals surface area contributed by atoms with E-state index < -0.39 is 0 Å². The smallest absolute Gasteiger partial charge is 0.220 e. The lowest BCUT2D eigenvalue weighted by atomic mass is 9.82. The van der Waals surface area contributed by atoms with Gasteiger partial charge in [0.25, 0.3) is 0 Å². The minimum Gasteiger partial charge on any atom is -0.369 e. The number of amides is 1. The monoisotopic (exact) mass is 152 g/mol. The Morgan fingerprint density at radius 2 is 2.27 bits per heavy atom. The number of nitrogens with zero attached hydrogens (tertiary/aromatic N) is 1. The molecule has 0 aromatic rings. The molecule has 0 bridgehead atoms. The number of carbonyl (C=O) groups excluding carboxylic acids is 1. The lowest BCUT2D eigenvalue weighted by Crippen LogP contribution is -2.28. The molecule has 60 valence electrons. The molecule has 2 unspecified atom stereocenters. The van der Waals surface area contributed by atoms with Gasteiger partial charge in [0.2, 0.25) is 5.91 Å². The van der Waals surface area contributed by atoms with Gasteiger partial charge in [0.15, 0.2) is 0 Å². The van der Waals surface area contributed by atoms with Crippen molar-refractivity contribution in [3.05, 3.63) is 0 Å². The molecule has 3 nitrogen and oxygen atoms in total. The fourth-order valence-corrected chi connectivity index (χ4v) is 1.57. The number of primary amides is 1. The largest absolute Gasteiger partial charge is 0.369 e. The second kappa shape index (κ2) is 3.38. The molecular weight excluding hydrogens is 140 g/mol. The first kappa shape index (κ1) is 8.06. The van der Waals surface area contributed by atoms with Crippen LogP contribution in [0.25, 0.3) is 0 Å². The van der Waals surface area contributed by atoms with Gasteiger partial charge in [-0.15, -0.1) is 0 Å². The highest BCUT2D eigenvalue weighted by Crippen LogP contribution is 2.27. The van der Waals surface area contributed by atoms with Gasteiger partial charge in [0.1, 0.15) is 0 Å². The number of carbonyl (C=O) groups is 1. The molecule has 1 amide bonds. The highest BCUT2D eigenvalue weighted by molar-refractivity contribution is 5.76. The number of hydrogen-bond acceptors (Lipinski definition) is 2. The summed E-state index contributed by atoms with van der Waals surface area (Å²) < 4.78 is 0. The molecule has 11 heavy (non-hydrogen) atoms. The molecule has 1 saturated carbocycles. The molecule has 3 heteroatoms. The Kier molecular flexibility index (Phi) is 2.48. The average Bonchev–Trinajstić information content (AvgIpc) is 2.05. The van der Waals surface area contributed by atoms with Crippen LogP contribution >= 0.6 is 0 Å². The van der Waals surface area contributed by atoms with Gasteiger partial charge in [-0.2, -0.15) is 5.26 Å². The minimum absolute atomic E-state index is 0.0478. The zero-order valence-electron chi connectivity index (χ0n) is 6.42. The Bertz CT molecular complexity index is 195. The molecule has 0 saturated heterocycles. The van der Waals surface area contributed by atoms with Crippen LogP contribution in [-0.4, -0.2) is 5.91 Å². The Morgan fingerprint density at radius 3 is 2.82 bits per heavy atom. The van der Waals surface area contributed by atoms with Gasteiger partial charge >= 0.3 is 0 Å². The van der Waals surface area contributed by atoms with Crippen molar-refractivity contribution >= 4 is 5.91 Å². The molecule has 0 aliphatic heterocycles. The summed E-state index contributed by atoms with van der Waals surface area (Å²) in [7, 11) is 0. The van der Waals surface area contributed by atoms with Crippen LogP contribution in [0.1, 0.15) is 25.7 Å². The highest BCUT2D eigenvalue weighted by Gasteiger charge is 2.24. The summed E-state index contributed by atoms with van der Waals surface area (Å²) in [5.41, 5.74) is 5.14. The molecule has 0 spiro atoms. The molecule has 0 aromatic heterocycles. The summed E-state index contributed by atoms with van der Waals surface area (Å²) in [5, 5.41) is 8.59. The topological polar surface area (TPSA) is 66.9 Å². The lowest BCUT2D eigenvalue weighted by Gasteiger charge is -2.21. The molecule has 2 atom stereocenters. The molecule has 0 radical (unpaired) electrons. The van der Waals surface area contributed by atoms with E-state index in [-0.39, 0.29) is 17.7 Å². The SMILES string of the molecule is N#CC1CCCC(C(N)=O)C1. The van der Waals surface area contributed by atoms with E-state index in [9.17, 15) is 4.79 Å². The van der Waals surface area contributed by atoms with Crippen LogP contribution in [0.15, 0.2) is 0 Å². The molecule has 1 rings (SSSR count). The van der Waals surface area contributed by atoms with Crippen molar-refractivity contribution in [3.8, 4) is 6.07 Å². The maximum Gasteiger partial charge on any atom is 0.220 e. The third kappa shape index (κ3) is 1.94. The fraction of sp³-hybridized carbons (Fsp3) is 0.750. The quantitative estimate of drug-likeness (QED) is 0.604. The van der Waals surface area contributed by atoms with Gasteiger partial charge in [-0.25, -0.2) is 0 Å². The third-order valence-electron chi connectivity index (χ3n) is 2.26. The van der Waals surface area contributed by atoms with E-state index in [0.29, 0.717) is 6.42 Å². The number of nitriles is 1. The van der Waals surface area contributed by atoms with E-state index in [1.807, 2.05) is 0 Å². The molecule has 1 fully saturated rings. The van der Waals surface area contributed by atoms with Crippen molar-refractivity contribution in [1.82, 2.24) is 0 Å². The van der Waals surface area contributed by atoms with Gasteiger partial charge in [-0.3, -0.25) is 4.79 Å². The van der Waals surface area contributed by atoms with Gasteiger partial charge in [-0.05, 0) is 19.3 Å². The molecule has 1 aliphatic rings. The number of rotatable bonds is 1. The Morgan fingerprint density at radius 1 is 1.55 bits per heavy atom. The van der Waals surface area contributed by atoms with Gasteiger partial charge < -0.3 is 5.73 Å². The van der Waals surface area contributed by atoms with Crippen LogP contribution in [0.4, 0.5) is 0 Å². The normalized spacial score (nSPS) is 30.8. The van der Waals surface area contributed by atoms with Crippen LogP contribution in [-0.2, 0) is 4.79 Å². The Balaban J connectivity index is 2.47. The van der Waals surface area contributed by atoms with E-state index in [1.165, 1.54) is 0 Å². The first-order chi connectivity index (χ1) is 5.24. The molecular formula is C8H12N2O. The first-order valence-corrected chi connectivity index (χ1v) is 3.93. The number of nitrogens with two attached hydrogens (primary N) is 1. The van der Waals surface area contributed by atoms with Crippen LogP contribution in [0, 0.1) is 23.2 Å². The maximum absolute atomic E-state index is 10.7. The van der Waals surface area contributed by atoms with E-state index in [4.69, 9.17) is 11.0 Å². The predicted molar refractivity (Wildman–Crippen MR) is 40.3 cm³/mol. The molecule has 0 aromatic carbocycles. The van der Waals surface area contributed by atoms with Crippen molar-refractivity contribution in [2.75, 3.05) is 0 Å². The zero-order valence-corrected chi connectivity index (χ0v) is 6.42. The van der Waals surface area contributed by atoms with Crippen molar-refractivity contribution in [2.24, 2.45) is 17.6 Å². The van der Waals surface area contributed by atoms with E-state index in [1.54, 1.807) is 0 Å². The molecule has 1 aliphatic carbocycles. The summed E-state index contributed by atoms with van der Waals surface area (Å²) >= 11 is 0. The average molecular weight is 152 g/mol. The standard InChI is InChI=1S/C8H12N2O/c9-5-6-2-1-3-7(4-6)8(10)11/h6-7H,1-4H2,(H2,10,11). The third-order valence-corrected chi connectivity index (χ3v) is 2.26. The molecule has 0 heterocycles. The van der Waals surface area contributed by atoms with Crippen LogP contribution in [0.5, 0.6) is 0 Å². The minimum atomic E-state index is -0.245. The first-order valence-electron chi connectivity index (χ1n) is 3.93. The summed E-state index contributed by atoms with van der Waals surface area (Å²) in [6, 6.07) is 2.18. The number of hydrogen-bond donors (Lipinski definition) is 1.